The molecule has 2 aromatic carbocycles. The molecule has 0 amide bonds. The maximum absolute atomic E-state index is 14.3. The van der Waals surface area contributed by atoms with Crippen LogP contribution in [0.5, 0.6) is 5.75 Å². The minimum atomic E-state index is -0.833. The van der Waals surface area contributed by atoms with Crippen LogP contribution >= 0.6 is 0 Å². The van der Waals surface area contributed by atoms with E-state index in [9.17, 15) is 27.9 Å². The van der Waals surface area contributed by atoms with Gasteiger partial charge in [0.05, 0.1) is 18.3 Å². The van der Waals surface area contributed by atoms with Crippen LogP contribution in [0.1, 0.15) is 81.8 Å². The summed E-state index contributed by atoms with van der Waals surface area (Å²) in [7, 11) is 1.50. The number of methoxy groups -OCH3 is 1. The third-order valence-electron chi connectivity index (χ3n) is 9.26. The van der Waals surface area contributed by atoms with Crippen LogP contribution in [-0.4, -0.2) is 58.6 Å². The first-order chi connectivity index (χ1) is 20.7. The SMILES string of the molecule is COc1ccc(F)cc1C(C)(C)CC(=O)CC1(CC(=O)c2cc(-c3ccc(F)cc3F)on2)CN(C2CCC(C)(O)CC2)C1. The molecule has 1 aliphatic heterocycles. The van der Waals surface area contributed by atoms with E-state index in [1.165, 1.54) is 31.4 Å². The molecule has 7 nitrogen and oxygen atoms in total. The number of carbonyl (C=O) groups is 2. The molecule has 0 radical (unpaired) electrons. The summed E-state index contributed by atoms with van der Waals surface area (Å²) >= 11 is 0. The number of halogens is 3. The molecule has 1 saturated carbocycles. The van der Waals surface area contributed by atoms with Gasteiger partial charge in [0.25, 0.3) is 0 Å². The van der Waals surface area contributed by atoms with Crippen molar-refractivity contribution < 1.29 is 37.1 Å². The van der Waals surface area contributed by atoms with E-state index < -0.39 is 33.9 Å². The minimum absolute atomic E-state index is 0.00580. The van der Waals surface area contributed by atoms with Crippen molar-refractivity contribution in [2.45, 2.75) is 82.8 Å². The van der Waals surface area contributed by atoms with Crippen LogP contribution in [0.4, 0.5) is 13.2 Å². The Morgan fingerprint density at radius 2 is 1.70 bits per heavy atom. The minimum Gasteiger partial charge on any atom is -0.496 e. The van der Waals surface area contributed by atoms with Crippen molar-refractivity contribution in [3.63, 3.8) is 0 Å². The monoisotopic (exact) mass is 612 g/mol. The quantitative estimate of drug-likeness (QED) is 0.242. The molecule has 236 valence electrons. The number of Topliss-reactive ketones (excluding diaryl/α,β-unsaturated/α-hetero) is 2. The zero-order chi connectivity index (χ0) is 31.9. The molecule has 44 heavy (non-hydrogen) atoms. The standard InChI is InChI=1S/C34H39F3N2O5/c1-32(2,26-13-21(35)6-8-30(26)43-4)16-24(40)17-34(19-39(20-34)23-9-11-33(3,42)12-10-23)18-29(41)28-15-31(44-38-28)25-7-5-22(36)14-27(25)37/h5-8,13-15,23,42H,9-12,16-20H2,1-4H3. The summed E-state index contributed by atoms with van der Waals surface area (Å²) in [6, 6.07) is 8.89. The Hall–Kier alpha value is -3.50. The van der Waals surface area contributed by atoms with Gasteiger partial charge in [-0.1, -0.05) is 19.0 Å². The average Bonchev–Trinajstić information content (AvgIpc) is 3.41. The molecular weight excluding hydrogens is 573 g/mol. The van der Waals surface area contributed by atoms with Crippen LogP contribution in [0.15, 0.2) is 47.0 Å². The number of likely N-dealkylation sites (tertiary alicyclic amines) is 1. The smallest absolute Gasteiger partial charge is 0.185 e. The largest absolute Gasteiger partial charge is 0.496 e. The van der Waals surface area contributed by atoms with Gasteiger partial charge in [-0.05, 0) is 62.9 Å². The van der Waals surface area contributed by atoms with Gasteiger partial charge in [0.1, 0.15) is 34.7 Å². The van der Waals surface area contributed by atoms with E-state index in [2.05, 4.69) is 10.1 Å². The number of ketones is 2. The summed E-state index contributed by atoms with van der Waals surface area (Å²) < 4.78 is 52.5. The molecule has 2 fully saturated rings. The highest BCUT2D eigenvalue weighted by atomic mass is 19.1. The van der Waals surface area contributed by atoms with E-state index >= 15 is 0 Å². The highest BCUT2D eigenvalue weighted by Gasteiger charge is 2.49. The second-order valence-corrected chi connectivity index (χ2v) is 13.6. The zero-order valence-corrected chi connectivity index (χ0v) is 25.6. The molecule has 2 aliphatic rings. The fourth-order valence-electron chi connectivity index (χ4n) is 6.88. The summed E-state index contributed by atoms with van der Waals surface area (Å²) in [5, 5.41) is 14.3. The summed E-state index contributed by atoms with van der Waals surface area (Å²) in [6.07, 6.45) is 3.31. The van der Waals surface area contributed by atoms with Crippen LogP contribution in [-0.2, 0) is 10.2 Å². The Morgan fingerprint density at radius 3 is 2.36 bits per heavy atom. The third kappa shape index (κ3) is 6.91. The summed E-state index contributed by atoms with van der Waals surface area (Å²) in [5.41, 5.74) is -1.48. The normalized spacial score (nSPS) is 22.0. The number of benzene rings is 2. The van der Waals surface area contributed by atoms with E-state index in [-0.39, 0.29) is 53.9 Å². The third-order valence-corrected chi connectivity index (χ3v) is 9.26. The van der Waals surface area contributed by atoms with Gasteiger partial charge in [-0.2, -0.15) is 0 Å². The van der Waals surface area contributed by atoms with Gasteiger partial charge < -0.3 is 14.4 Å². The summed E-state index contributed by atoms with van der Waals surface area (Å²) in [4.78, 5) is 29.5. The van der Waals surface area contributed by atoms with Crippen LogP contribution < -0.4 is 4.74 Å². The van der Waals surface area contributed by atoms with Crippen molar-refractivity contribution in [3.8, 4) is 17.1 Å². The number of ether oxygens (including phenoxy) is 1. The molecule has 0 spiro atoms. The highest BCUT2D eigenvalue weighted by molar-refractivity contribution is 5.96. The van der Waals surface area contributed by atoms with Gasteiger partial charge in [0, 0.05) is 66.9 Å². The maximum atomic E-state index is 14.3. The van der Waals surface area contributed by atoms with Crippen molar-refractivity contribution in [3.05, 3.63) is 71.2 Å². The zero-order valence-electron chi connectivity index (χ0n) is 25.6. The van der Waals surface area contributed by atoms with Gasteiger partial charge in [-0.15, -0.1) is 0 Å². The topological polar surface area (TPSA) is 92.9 Å². The fraction of sp³-hybridized carbons (Fsp3) is 0.500. The lowest BCUT2D eigenvalue weighted by Gasteiger charge is -2.55. The fourth-order valence-corrected chi connectivity index (χ4v) is 6.88. The first-order valence-corrected chi connectivity index (χ1v) is 15.0. The lowest BCUT2D eigenvalue weighted by molar-refractivity contribution is -0.128. The number of rotatable bonds is 11. The van der Waals surface area contributed by atoms with Crippen molar-refractivity contribution >= 4 is 11.6 Å². The van der Waals surface area contributed by atoms with Crippen molar-refractivity contribution in [2.24, 2.45) is 5.41 Å². The Kier molecular flexibility index (Phi) is 8.79. The Morgan fingerprint density at radius 1 is 1.05 bits per heavy atom. The van der Waals surface area contributed by atoms with E-state index in [1.54, 1.807) is 6.07 Å². The number of hydrogen-bond acceptors (Lipinski definition) is 7. The predicted molar refractivity (Wildman–Crippen MR) is 158 cm³/mol. The highest BCUT2D eigenvalue weighted by Crippen LogP contribution is 2.45. The second kappa shape index (κ2) is 12.1. The van der Waals surface area contributed by atoms with Crippen LogP contribution in [0.2, 0.25) is 0 Å². The van der Waals surface area contributed by atoms with Gasteiger partial charge in [0.15, 0.2) is 11.5 Å². The molecular formula is C34H39F3N2O5. The van der Waals surface area contributed by atoms with Crippen LogP contribution in [0.3, 0.4) is 0 Å². The number of aliphatic hydroxyl groups is 1. The van der Waals surface area contributed by atoms with Crippen LogP contribution in [0, 0.1) is 22.9 Å². The van der Waals surface area contributed by atoms with E-state index in [0.717, 1.165) is 25.0 Å². The molecule has 3 aromatic rings. The van der Waals surface area contributed by atoms with E-state index in [0.29, 0.717) is 37.2 Å². The lowest BCUT2D eigenvalue weighted by Crippen LogP contribution is -2.62. The average molecular weight is 613 g/mol. The Balaban J connectivity index is 1.33. The van der Waals surface area contributed by atoms with Crippen molar-refractivity contribution in [1.29, 1.82) is 0 Å². The maximum Gasteiger partial charge on any atom is 0.185 e. The lowest BCUT2D eigenvalue weighted by atomic mass is 9.68. The predicted octanol–water partition coefficient (Wildman–Crippen LogP) is 6.66. The molecule has 2 heterocycles. The second-order valence-electron chi connectivity index (χ2n) is 13.6. The van der Waals surface area contributed by atoms with Gasteiger partial charge in [0.2, 0.25) is 0 Å². The first-order valence-electron chi connectivity index (χ1n) is 15.0. The van der Waals surface area contributed by atoms with Gasteiger partial charge in [-0.3, -0.25) is 14.5 Å². The molecule has 1 aliphatic carbocycles. The number of nitrogens with zero attached hydrogens (tertiary/aromatic N) is 2. The van der Waals surface area contributed by atoms with Gasteiger partial charge >= 0.3 is 0 Å². The van der Waals surface area contributed by atoms with Crippen molar-refractivity contribution in [2.75, 3.05) is 20.2 Å². The van der Waals surface area contributed by atoms with Crippen molar-refractivity contribution in [1.82, 2.24) is 10.1 Å². The summed E-state index contributed by atoms with van der Waals surface area (Å²) in [5.74, 6) is -1.88. The number of aromatic nitrogens is 1. The van der Waals surface area contributed by atoms with Gasteiger partial charge in [-0.25, -0.2) is 13.2 Å². The molecule has 0 bridgehead atoms. The van der Waals surface area contributed by atoms with Crippen LogP contribution in [0.25, 0.3) is 11.3 Å². The number of hydrogen-bond donors (Lipinski definition) is 1. The number of carbonyl (C=O) groups excluding carboxylic acids is 2. The molecule has 1 N–H and O–H groups in total. The molecule has 0 atom stereocenters. The molecule has 1 aromatic heterocycles. The molecule has 10 heteroatoms. The Labute approximate surface area is 255 Å². The summed E-state index contributed by atoms with van der Waals surface area (Å²) in [6.45, 7) is 6.63. The molecule has 0 unspecified atom stereocenters. The first kappa shape index (κ1) is 31.9. The molecule has 1 saturated heterocycles. The Bertz CT molecular complexity index is 1530. The van der Waals surface area contributed by atoms with E-state index in [4.69, 9.17) is 9.26 Å². The molecule has 5 rings (SSSR count). The van der Waals surface area contributed by atoms with E-state index in [1.807, 2.05) is 20.8 Å².